The fraction of sp³-hybridized carbons (Fsp3) is 0.452. The summed E-state index contributed by atoms with van der Waals surface area (Å²) in [6.07, 6.45) is 12.0. The van der Waals surface area contributed by atoms with Gasteiger partial charge in [-0.3, -0.25) is 9.88 Å². The van der Waals surface area contributed by atoms with E-state index in [-0.39, 0.29) is 0 Å². The molecule has 6 rings (SSSR count). The van der Waals surface area contributed by atoms with Gasteiger partial charge in [0, 0.05) is 59.5 Å². The van der Waals surface area contributed by atoms with Gasteiger partial charge in [-0.2, -0.15) is 5.10 Å². The number of aromatic amines is 1. The third-order valence-electron chi connectivity index (χ3n) is 8.71. The van der Waals surface area contributed by atoms with Crippen LogP contribution in [0.4, 0.5) is 0 Å². The molecule has 0 aliphatic heterocycles. The van der Waals surface area contributed by atoms with E-state index in [1.165, 1.54) is 16.8 Å². The molecule has 5 aromatic heterocycles. The van der Waals surface area contributed by atoms with Crippen molar-refractivity contribution in [1.82, 2.24) is 39.4 Å². The Morgan fingerprint density at radius 3 is 2.50 bits per heavy atom. The van der Waals surface area contributed by atoms with Crippen molar-refractivity contribution in [2.24, 2.45) is 0 Å². The maximum absolute atomic E-state index is 5.32. The lowest BCUT2D eigenvalue weighted by atomic mass is 9.83. The van der Waals surface area contributed by atoms with Crippen LogP contribution in [0.5, 0.6) is 6.01 Å². The Labute approximate surface area is 235 Å². The van der Waals surface area contributed by atoms with Crippen molar-refractivity contribution in [2.45, 2.75) is 77.8 Å². The molecule has 9 nitrogen and oxygen atoms in total. The van der Waals surface area contributed by atoms with Gasteiger partial charge in [0.25, 0.3) is 0 Å². The lowest BCUT2D eigenvalue weighted by Gasteiger charge is -2.34. The Morgan fingerprint density at radius 2 is 1.80 bits per heavy atom. The molecule has 0 spiro atoms. The number of H-pyrrole nitrogens is 1. The van der Waals surface area contributed by atoms with Crippen LogP contribution in [-0.2, 0) is 6.54 Å². The lowest BCUT2D eigenvalue weighted by molar-refractivity contribution is 0.174. The molecule has 1 N–H and O–H groups in total. The number of methoxy groups -OCH3 is 1. The van der Waals surface area contributed by atoms with Gasteiger partial charge in [-0.25, -0.2) is 19.5 Å². The van der Waals surface area contributed by atoms with E-state index in [4.69, 9.17) is 9.72 Å². The van der Waals surface area contributed by atoms with E-state index in [0.29, 0.717) is 23.9 Å². The summed E-state index contributed by atoms with van der Waals surface area (Å²) in [5.74, 6) is 0.802. The summed E-state index contributed by atoms with van der Waals surface area (Å²) in [6.45, 7) is 9.64. The largest absolute Gasteiger partial charge is 0.467 e. The molecule has 0 radical (unpaired) electrons. The van der Waals surface area contributed by atoms with Crippen LogP contribution >= 0.6 is 0 Å². The Bertz CT molecular complexity index is 1640. The smallest absolute Gasteiger partial charge is 0.316 e. The number of nitrogens with zero attached hydrogens (tertiary/aromatic N) is 7. The first-order valence-electron chi connectivity index (χ1n) is 14.2. The van der Waals surface area contributed by atoms with Crippen LogP contribution in [0, 0.1) is 13.8 Å². The summed E-state index contributed by atoms with van der Waals surface area (Å²) in [5.41, 5.74) is 11.3. The molecular formula is C31H38N8O. The topological polar surface area (TPSA) is 97.1 Å². The molecule has 0 unspecified atom stereocenters. The molecule has 9 heteroatoms. The fourth-order valence-electron chi connectivity index (χ4n) is 6.32. The average Bonchev–Trinajstić information content (AvgIpc) is 3.60. The number of ether oxygens (including phenoxy) is 1. The predicted molar refractivity (Wildman–Crippen MR) is 157 cm³/mol. The number of rotatable bonds is 7. The van der Waals surface area contributed by atoms with Crippen LogP contribution in [-0.4, -0.2) is 59.6 Å². The maximum Gasteiger partial charge on any atom is 0.316 e. The van der Waals surface area contributed by atoms with E-state index in [1.807, 2.05) is 16.9 Å². The standard InChI is InChI=1S/C31H38N8O/c1-18(2)27-28(24-16-39-30(34-17-35-39)20(4)19(24)3)37-26-12-11-25(36-29(26)27)22-7-9-23(10-8-22)38(5)15-21-13-32-31(40-6)33-14-21/h11-14,16-18,22-23,37H,7-10,15H2,1-6H3. The summed E-state index contributed by atoms with van der Waals surface area (Å²) in [7, 11) is 3.79. The second-order valence-corrected chi connectivity index (χ2v) is 11.5. The molecule has 5 heterocycles. The van der Waals surface area contributed by atoms with Crippen molar-refractivity contribution < 1.29 is 4.74 Å². The zero-order valence-corrected chi connectivity index (χ0v) is 24.3. The molecule has 1 fully saturated rings. The Balaban J connectivity index is 1.23. The number of fused-ring (bicyclic) bond motifs is 2. The van der Waals surface area contributed by atoms with Crippen molar-refractivity contribution in [1.29, 1.82) is 0 Å². The quantitative estimate of drug-likeness (QED) is 0.273. The average molecular weight is 539 g/mol. The Morgan fingerprint density at radius 1 is 1.05 bits per heavy atom. The SMILES string of the molecule is COc1ncc(CN(C)C2CCC(c3ccc4[nH]c(-c5cn6ncnc6c(C)c5C)c(C(C)C)c4n3)CC2)cn1. The highest BCUT2D eigenvalue weighted by atomic mass is 16.5. The molecule has 1 aliphatic carbocycles. The summed E-state index contributed by atoms with van der Waals surface area (Å²) in [5, 5.41) is 4.42. The van der Waals surface area contributed by atoms with Gasteiger partial charge >= 0.3 is 6.01 Å². The third kappa shape index (κ3) is 4.72. The van der Waals surface area contributed by atoms with Gasteiger partial charge in [0.2, 0.25) is 0 Å². The minimum absolute atomic E-state index is 0.323. The van der Waals surface area contributed by atoms with Gasteiger partial charge in [-0.05, 0) is 75.8 Å². The van der Waals surface area contributed by atoms with E-state index >= 15 is 0 Å². The van der Waals surface area contributed by atoms with Gasteiger partial charge in [-0.1, -0.05) is 13.8 Å². The number of aromatic nitrogens is 7. The van der Waals surface area contributed by atoms with Gasteiger partial charge < -0.3 is 9.72 Å². The first-order chi connectivity index (χ1) is 19.3. The predicted octanol–water partition coefficient (Wildman–Crippen LogP) is 5.97. The molecule has 1 saturated carbocycles. The molecule has 0 atom stereocenters. The van der Waals surface area contributed by atoms with E-state index in [9.17, 15) is 0 Å². The second-order valence-electron chi connectivity index (χ2n) is 11.5. The third-order valence-corrected chi connectivity index (χ3v) is 8.71. The number of pyridine rings is 2. The zero-order chi connectivity index (χ0) is 28.0. The van der Waals surface area contributed by atoms with Crippen LogP contribution in [0.25, 0.3) is 27.9 Å². The highest BCUT2D eigenvalue weighted by Gasteiger charge is 2.27. The van der Waals surface area contributed by atoms with E-state index in [0.717, 1.165) is 71.3 Å². The van der Waals surface area contributed by atoms with Crippen molar-refractivity contribution in [3.63, 3.8) is 0 Å². The lowest BCUT2D eigenvalue weighted by Crippen LogP contribution is -2.34. The van der Waals surface area contributed by atoms with Crippen LogP contribution < -0.4 is 4.74 Å². The first kappa shape index (κ1) is 26.4. The van der Waals surface area contributed by atoms with E-state index in [1.54, 1.807) is 13.4 Å². The minimum Gasteiger partial charge on any atom is -0.467 e. The maximum atomic E-state index is 5.32. The van der Waals surface area contributed by atoms with Crippen LogP contribution in [0.2, 0.25) is 0 Å². The first-order valence-corrected chi connectivity index (χ1v) is 14.2. The number of hydrogen-bond acceptors (Lipinski definition) is 7. The van der Waals surface area contributed by atoms with Gasteiger partial charge in [0.15, 0.2) is 5.65 Å². The zero-order valence-electron chi connectivity index (χ0n) is 24.3. The molecule has 40 heavy (non-hydrogen) atoms. The van der Waals surface area contributed by atoms with Crippen molar-refractivity contribution in [3.05, 3.63) is 65.0 Å². The summed E-state index contributed by atoms with van der Waals surface area (Å²) >= 11 is 0. The Hall–Kier alpha value is -3.85. The molecule has 0 aromatic carbocycles. The molecule has 1 aliphatic rings. The number of hydrogen-bond donors (Lipinski definition) is 1. The van der Waals surface area contributed by atoms with Crippen molar-refractivity contribution in [3.8, 4) is 17.3 Å². The monoisotopic (exact) mass is 538 g/mol. The van der Waals surface area contributed by atoms with E-state index in [2.05, 4.69) is 83.0 Å². The van der Waals surface area contributed by atoms with E-state index < -0.39 is 0 Å². The molecule has 0 amide bonds. The highest BCUT2D eigenvalue weighted by molar-refractivity contribution is 5.89. The van der Waals surface area contributed by atoms with Crippen molar-refractivity contribution >= 4 is 16.7 Å². The van der Waals surface area contributed by atoms with Crippen molar-refractivity contribution in [2.75, 3.05) is 14.2 Å². The molecule has 208 valence electrons. The van der Waals surface area contributed by atoms with Crippen LogP contribution in [0.3, 0.4) is 0 Å². The van der Waals surface area contributed by atoms with Crippen LogP contribution in [0.15, 0.2) is 37.1 Å². The molecule has 5 aromatic rings. The fourth-order valence-corrected chi connectivity index (χ4v) is 6.32. The summed E-state index contributed by atoms with van der Waals surface area (Å²) in [4.78, 5) is 24.4. The van der Waals surface area contributed by atoms with Gasteiger partial charge in [-0.15, -0.1) is 0 Å². The normalized spacial score (nSPS) is 17.9. The molecular weight excluding hydrogens is 500 g/mol. The molecule has 0 saturated heterocycles. The highest BCUT2D eigenvalue weighted by Crippen LogP contribution is 2.39. The number of aryl methyl sites for hydroxylation is 1. The summed E-state index contributed by atoms with van der Waals surface area (Å²) < 4.78 is 6.97. The van der Waals surface area contributed by atoms with Gasteiger partial charge in [0.1, 0.15) is 6.33 Å². The van der Waals surface area contributed by atoms with Gasteiger partial charge in [0.05, 0.1) is 23.8 Å². The molecule has 0 bridgehead atoms. The minimum atomic E-state index is 0.323. The second kappa shape index (κ2) is 10.6. The van der Waals surface area contributed by atoms with Crippen LogP contribution in [0.1, 0.15) is 79.3 Å². The summed E-state index contributed by atoms with van der Waals surface area (Å²) in [6, 6.07) is 5.41. The Kier molecular flexibility index (Phi) is 7.00. The number of nitrogens with one attached hydrogen (secondary N) is 1.